The minimum atomic E-state index is -0.753. The van der Waals surface area contributed by atoms with Crippen molar-refractivity contribution in [3.05, 3.63) is 35.9 Å². The van der Waals surface area contributed by atoms with E-state index in [0.717, 1.165) is 5.56 Å². The van der Waals surface area contributed by atoms with E-state index in [1.807, 2.05) is 56.0 Å². The van der Waals surface area contributed by atoms with Crippen molar-refractivity contribution < 1.29 is 9.59 Å². The second kappa shape index (κ2) is 6.29. The van der Waals surface area contributed by atoms with E-state index >= 15 is 0 Å². The predicted molar refractivity (Wildman–Crippen MR) is 82.6 cm³/mol. The Hall–Kier alpha value is -1.84. The summed E-state index contributed by atoms with van der Waals surface area (Å²) in [6.45, 7) is 6.41. The fourth-order valence-electron chi connectivity index (χ4n) is 2.99. The third kappa shape index (κ3) is 2.94. The van der Waals surface area contributed by atoms with Crippen LogP contribution in [0.25, 0.3) is 0 Å². The molecule has 1 N–H and O–H groups in total. The van der Waals surface area contributed by atoms with Crippen LogP contribution in [0.15, 0.2) is 30.3 Å². The Morgan fingerprint density at radius 3 is 2.38 bits per heavy atom. The Kier molecular flexibility index (Phi) is 4.66. The van der Waals surface area contributed by atoms with Gasteiger partial charge in [0.15, 0.2) is 0 Å². The van der Waals surface area contributed by atoms with Gasteiger partial charge >= 0.3 is 0 Å². The lowest BCUT2D eigenvalue weighted by atomic mass is 9.90. The number of amides is 2. The lowest BCUT2D eigenvalue weighted by Gasteiger charge is -2.36. The average Bonchev–Trinajstić information content (AvgIpc) is 2.65. The summed E-state index contributed by atoms with van der Waals surface area (Å²) in [6.07, 6.45) is 1.60. The first kappa shape index (κ1) is 15.5. The quantitative estimate of drug-likeness (QED) is 0.926. The summed E-state index contributed by atoms with van der Waals surface area (Å²) in [4.78, 5) is 26.8. The highest BCUT2D eigenvalue weighted by atomic mass is 16.2. The van der Waals surface area contributed by atoms with Gasteiger partial charge in [0.05, 0.1) is 6.04 Å². The Morgan fingerprint density at radius 2 is 1.81 bits per heavy atom. The molecule has 0 radical (unpaired) electrons. The van der Waals surface area contributed by atoms with Crippen LogP contribution in [0.2, 0.25) is 0 Å². The SMILES string of the molecule is CCC1(CC)NC(=O)CCN(C(C)c2ccccc2)C1=O. The molecule has 4 heteroatoms. The second-order valence-electron chi connectivity index (χ2n) is 5.67. The van der Waals surface area contributed by atoms with Crippen molar-refractivity contribution in [3.8, 4) is 0 Å². The zero-order chi connectivity index (χ0) is 15.5. The number of hydrogen-bond acceptors (Lipinski definition) is 2. The summed E-state index contributed by atoms with van der Waals surface area (Å²) in [7, 11) is 0. The molecule has 0 spiro atoms. The highest BCUT2D eigenvalue weighted by Gasteiger charge is 2.43. The standard InChI is InChI=1S/C17H24N2O2/c1-4-17(5-2)16(21)19(12-11-15(20)18-17)13(3)14-9-7-6-8-10-14/h6-10,13H,4-5,11-12H2,1-3H3,(H,18,20). The molecule has 1 aliphatic rings. The average molecular weight is 288 g/mol. The molecule has 1 saturated heterocycles. The molecular formula is C17H24N2O2. The molecule has 1 unspecified atom stereocenters. The summed E-state index contributed by atoms with van der Waals surface area (Å²) in [5, 5.41) is 2.95. The number of carbonyl (C=O) groups is 2. The largest absolute Gasteiger partial charge is 0.342 e. The summed E-state index contributed by atoms with van der Waals surface area (Å²) in [6, 6.07) is 9.95. The van der Waals surface area contributed by atoms with Crippen LogP contribution in [0.5, 0.6) is 0 Å². The molecule has 1 atom stereocenters. The fourth-order valence-corrected chi connectivity index (χ4v) is 2.99. The molecule has 21 heavy (non-hydrogen) atoms. The highest BCUT2D eigenvalue weighted by molar-refractivity contribution is 5.93. The minimum absolute atomic E-state index is 0.0242. The van der Waals surface area contributed by atoms with Crippen LogP contribution in [0.1, 0.15) is 51.6 Å². The van der Waals surface area contributed by atoms with Crippen LogP contribution >= 0.6 is 0 Å². The first-order chi connectivity index (χ1) is 10.0. The van der Waals surface area contributed by atoms with Crippen LogP contribution in [-0.2, 0) is 9.59 Å². The van der Waals surface area contributed by atoms with E-state index in [9.17, 15) is 9.59 Å². The van der Waals surface area contributed by atoms with E-state index < -0.39 is 5.54 Å². The molecule has 0 aromatic heterocycles. The van der Waals surface area contributed by atoms with Crippen LogP contribution < -0.4 is 5.32 Å². The van der Waals surface area contributed by atoms with Gasteiger partial charge < -0.3 is 10.2 Å². The number of carbonyl (C=O) groups excluding carboxylic acids is 2. The predicted octanol–water partition coefficient (Wildman–Crippen LogP) is 2.65. The Bertz CT molecular complexity index is 509. The molecule has 4 nitrogen and oxygen atoms in total. The van der Waals surface area contributed by atoms with Crippen molar-refractivity contribution in [2.75, 3.05) is 6.54 Å². The monoisotopic (exact) mass is 288 g/mol. The normalized spacial score (nSPS) is 19.9. The summed E-state index contributed by atoms with van der Waals surface area (Å²) in [5.41, 5.74) is 0.345. The zero-order valence-electron chi connectivity index (χ0n) is 13.1. The number of rotatable bonds is 4. The maximum Gasteiger partial charge on any atom is 0.248 e. The Balaban J connectivity index is 2.34. The van der Waals surface area contributed by atoms with Crippen molar-refractivity contribution >= 4 is 11.8 Å². The number of benzene rings is 1. The molecule has 0 bridgehead atoms. The van der Waals surface area contributed by atoms with Crippen LogP contribution in [0.4, 0.5) is 0 Å². The van der Waals surface area contributed by atoms with Gasteiger partial charge in [-0.1, -0.05) is 44.2 Å². The van der Waals surface area contributed by atoms with E-state index in [4.69, 9.17) is 0 Å². The van der Waals surface area contributed by atoms with Crippen molar-refractivity contribution in [2.24, 2.45) is 0 Å². The van der Waals surface area contributed by atoms with Gasteiger partial charge in [0.25, 0.3) is 0 Å². The van der Waals surface area contributed by atoms with Crippen molar-refractivity contribution in [1.82, 2.24) is 10.2 Å². The molecule has 114 valence electrons. The molecule has 2 amide bonds. The molecule has 1 aromatic carbocycles. The molecule has 0 saturated carbocycles. The smallest absolute Gasteiger partial charge is 0.248 e. The van der Waals surface area contributed by atoms with Crippen LogP contribution in [0, 0.1) is 0 Å². The number of hydrogen-bond donors (Lipinski definition) is 1. The van der Waals surface area contributed by atoms with E-state index in [1.54, 1.807) is 0 Å². The van der Waals surface area contributed by atoms with E-state index in [0.29, 0.717) is 25.8 Å². The summed E-state index contributed by atoms with van der Waals surface area (Å²) >= 11 is 0. The van der Waals surface area contributed by atoms with Crippen molar-refractivity contribution in [2.45, 2.75) is 51.6 Å². The molecule has 1 heterocycles. The lowest BCUT2D eigenvalue weighted by molar-refractivity contribution is -0.141. The third-order valence-electron chi connectivity index (χ3n) is 4.59. The van der Waals surface area contributed by atoms with Gasteiger partial charge in [-0.05, 0) is 25.3 Å². The van der Waals surface area contributed by atoms with Crippen molar-refractivity contribution in [3.63, 3.8) is 0 Å². The lowest BCUT2D eigenvalue weighted by Crippen LogP contribution is -2.56. The second-order valence-corrected chi connectivity index (χ2v) is 5.67. The van der Waals surface area contributed by atoms with Gasteiger partial charge in [-0.25, -0.2) is 0 Å². The van der Waals surface area contributed by atoms with Gasteiger partial charge in [0.1, 0.15) is 5.54 Å². The summed E-state index contributed by atoms with van der Waals surface area (Å²) < 4.78 is 0. The molecule has 1 aromatic rings. The maximum absolute atomic E-state index is 13.0. The molecular weight excluding hydrogens is 264 g/mol. The van der Waals surface area contributed by atoms with Crippen molar-refractivity contribution in [1.29, 1.82) is 0 Å². The van der Waals surface area contributed by atoms with Gasteiger partial charge in [0, 0.05) is 13.0 Å². The van der Waals surface area contributed by atoms with Gasteiger partial charge in [-0.2, -0.15) is 0 Å². The van der Waals surface area contributed by atoms with Gasteiger partial charge in [-0.3, -0.25) is 9.59 Å². The number of nitrogens with zero attached hydrogens (tertiary/aromatic N) is 1. The van der Waals surface area contributed by atoms with E-state index in [1.165, 1.54) is 0 Å². The van der Waals surface area contributed by atoms with Gasteiger partial charge in [-0.15, -0.1) is 0 Å². The van der Waals surface area contributed by atoms with Gasteiger partial charge in [0.2, 0.25) is 11.8 Å². The molecule has 1 fully saturated rings. The zero-order valence-corrected chi connectivity index (χ0v) is 13.1. The highest BCUT2D eigenvalue weighted by Crippen LogP contribution is 2.28. The first-order valence-electron chi connectivity index (χ1n) is 7.71. The van der Waals surface area contributed by atoms with E-state index in [-0.39, 0.29) is 17.9 Å². The number of nitrogens with one attached hydrogen (secondary N) is 1. The van der Waals surface area contributed by atoms with Crippen LogP contribution in [0.3, 0.4) is 0 Å². The third-order valence-corrected chi connectivity index (χ3v) is 4.59. The fraction of sp³-hybridized carbons (Fsp3) is 0.529. The van der Waals surface area contributed by atoms with Crippen LogP contribution in [-0.4, -0.2) is 28.8 Å². The summed E-state index contributed by atoms with van der Waals surface area (Å²) in [5.74, 6) is 0.00418. The minimum Gasteiger partial charge on any atom is -0.342 e. The topological polar surface area (TPSA) is 49.4 Å². The maximum atomic E-state index is 13.0. The van der Waals surface area contributed by atoms with E-state index in [2.05, 4.69) is 5.32 Å². The Morgan fingerprint density at radius 1 is 1.19 bits per heavy atom. The Labute approximate surface area is 126 Å². The molecule has 2 rings (SSSR count). The molecule has 1 aliphatic heterocycles. The first-order valence-corrected chi connectivity index (χ1v) is 7.71. The molecule has 0 aliphatic carbocycles.